The van der Waals surface area contributed by atoms with Gasteiger partial charge in [0.25, 0.3) is 0 Å². The molecule has 0 spiro atoms. The van der Waals surface area contributed by atoms with E-state index in [-0.39, 0.29) is 23.0 Å². The quantitative estimate of drug-likeness (QED) is 0.515. The van der Waals surface area contributed by atoms with Gasteiger partial charge >= 0.3 is 0 Å². The molecule has 4 heteroatoms. The van der Waals surface area contributed by atoms with Gasteiger partial charge < -0.3 is 20.8 Å². The van der Waals surface area contributed by atoms with E-state index in [0.717, 1.165) is 13.1 Å². The van der Waals surface area contributed by atoms with Crippen LogP contribution in [0, 0.1) is 10.8 Å². The van der Waals surface area contributed by atoms with Crippen molar-refractivity contribution in [3.63, 3.8) is 0 Å². The van der Waals surface area contributed by atoms with E-state index in [0.29, 0.717) is 13.1 Å². The molecule has 4 nitrogen and oxygen atoms in total. The molecule has 0 saturated carbocycles. The summed E-state index contributed by atoms with van der Waals surface area (Å²) in [4.78, 5) is 0. The summed E-state index contributed by atoms with van der Waals surface area (Å²) in [5, 5.41) is 26.0. The number of nitrogens with one attached hydrogen (secondary N) is 2. The van der Waals surface area contributed by atoms with Crippen LogP contribution in [-0.2, 0) is 0 Å². The highest BCUT2D eigenvalue weighted by molar-refractivity contribution is 4.76. The van der Waals surface area contributed by atoms with Crippen LogP contribution in [0.3, 0.4) is 0 Å². The summed E-state index contributed by atoms with van der Waals surface area (Å²) in [5.74, 6) is 0. The number of rotatable bonds is 7. The molecular formula is C14H32N2O2. The normalized spacial score (nSPS) is 16.7. The van der Waals surface area contributed by atoms with Crippen LogP contribution in [0.2, 0.25) is 0 Å². The van der Waals surface area contributed by atoms with Crippen LogP contribution in [0.1, 0.15) is 41.5 Å². The van der Waals surface area contributed by atoms with Gasteiger partial charge in [0.15, 0.2) is 0 Å². The fraction of sp³-hybridized carbons (Fsp3) is 1.00. The maximum atomic E-state index is 9.81. The lowest BCUT2D eigenvalue weighted by Crippen LogP contribution is -2.41. The number of aliphatic hydroxyl groups is 2. The first-order valence-electron chi connectivity index (χ1n) is 6.82. The Morgan fingerprint density at radius 1 is 0.722 bits per heavy atom. The van der Waals surface area contributed by atoms with Crippen LogP contribution < -0.4 is 10.6 Å². The fourth-order valence-electron chi connectivity index (χ4n) is 1.27. The summed E-state index contributed by atoms with van der Waals surface area (Å²) >= 11 is 0. The van der Waals surface area contributed by atoms with Crippen LogP contribution in [-0.4, -0.2) is 48.6 Å². The summed E-state index contributed by atoms with van der Waals surface area (Å²) in [6, 6.07) is 0. The lowest BCUT2D eigenvalue weighted by molar-refractivity contribution is 0.0602. The highest BCUT2D eigenvalue weighted by Gasteiger charge is 2.22. The summed E-state index contributed by atoms with van der Waals surface area (Å²) < 4.78 is 0. The van der Waals surface area contributed by atoms with Crippen molar-refractivity contribution in [1.82, 2.24) is 10.6 Å². The van der Waals surface area contributed by atoms with Crippen molar-refractivity contribution in [3.05, 3.63) is 0 Å². The van der Waals surface area contributed by atoms with E-state index in [1.54, 1.807) is 0 Å². The van der Waals surface area contributed by atoms with Crippen LogP contribution in [0.15, 0.2) is 0 Å². The van der Waals surface area contributed by atoms with Crippen molar-refractivity contribution in [3.8, 4) is 0 Å². The molecule has 0 aliphatic rings. The molecule has 0 bridgehead atoms. The zero-order chi connectivity index (χ0) is 14.4. The molecule has 0 heterocycles. The topological polar surface area (TPSA) is 64.5 Å². The Bertz CT molecular complexity index is 195. The smallest absolute Gasteiger partial charge is 0.0712 e. The van der Waals surface area contributed by atoms with Gasteiger partial charge in [0.1, 0.15) is 0 Å². The molecule has 0 rings (SSSR count). The maximum absolute atomic E-state index is 9.81. The molecule has 0 aromatic heterocycles. The van der Waals surface area contributed by atoms with Crippen LogP contribution in [0.4, 0.5) is 0 Å². The standard InChI is InChI=1S/C14H32N2O2/c1-13(2,3)11(17)9-15-7-8-16-10-12(18)14(4,5)6/h11-12,15-18H,7-10H2,1-6H3/t11-,12-/m1/s1. The third-order valence-electron chi connectivity index (χ3n) is 3.15. The third kappa shape index (κ3) is 8.03. The molecule has 0 amide bonds. The van der Waals surface area contributed by atoms with E-state index in [9.17, 15) is 10.2 Å². The van der Waals surface area contributed by atoms with E-state index >= 15 is 0 Å². The zero-order valence-electron chi connectivity index (χ0n) is 12.9. The second kappa shape index (κ2) is 7.43. The highest BCUT2D eigenvalue weighted by Crippen LogP contribution is 2.18. The summed E-state index contributed by atoms with van der Waals surface area (Å²) in [6.45, 7) is 15.0. The average Bonchev–Trinajstić information content (AvgIpc) is 2.19. The molecule has 0 unspecified atom stereocenters. The van der Waals surface area contributed by atoms with Gasteiger partial charge in [-0.15, -0.1) is 0 Å². The summed E-state index contributed by atoms with van der Waals surface area (Å²) in [6.07, 6.45) is -0.671. The van der Waals surface area contributed by atoms with Gasteiger partial charge in [0, 0.05) is 26.2 Å². The Morgan fingerprint density at radius 2 is 1.00 bits per heavy atom. The van der Waals surface area contributed by atoms with Crippen molar-refractivity contribution < 1.29 is 10.2 Å². The van der Waals surface area contributed by atoms with Crippen molar-refractivity contribution in [2.75, 3.05) is 26.2 Å². The van der Waals surface area contributed by atoms with E-state index in [2.05, 4.69) is 10.6 Å². The minimum atomic E-state index is -0.335. The second-order valence-corrected chi connectivity index (χ2v) is 7.17. The van der Waals surface area contributed by atoms with Crippen LogP contribution in [0.25, 0.3) is 0 Å². The molecule has 110 valence electrons. The van der Waals surface area contributed by atoms with Crippen molar-refractivity contribution in [1.29, 1.82) is 0 Å². The number of hydrogen-bond acceptors (Lipinski definition) is 4. The summed E-state index contributed by atoms with van der Waals surface area (Å²) in [7, 11) is 0. The molecule has 0 aromatic carbocycles. The van der Waals surface area contributed by atoms with Gasteiger partial charge in [0.2, 0.25) is 0 Å². The molecule has 0 fully saturated rings. The fourth-order valence-corrected chi connectivity index (χ4v) is 1.27. The third-order valence-corrected chi connectivity index (χ3v) is 3.15. The minimum Gasteiger partial charge on any atom is -0.391 e. The predicted octanol–water partition coefficient (Wildman–Crippen LogP) is 0.980. The molecule has 0 aromatic rings. The second-order valence-electron chi connectivity index (χ2n) is 7.17. The Hall–Kier alpha value is -0.160. The maximum Gasteiger partial charge on any atom is 0.0712 e. The first kappa shape index (κ1) is 17.8. The minimum absolute atomic E-state index is 0.0805. The molecule has 0 aliphatic carbocycles. The molecule has 18 heavy (non-hydrogen) atoms. The van der Waals surface area contributed by atoms with Crippen molar-refractivity contribution >= 4 is 0 Å². The first-order valence-corrected chi connectivity index (χ1v) is 6.82. The molecule has 4 N–H and O–H groups in total. The van der Waals surface area contributed by atoms with Crippen molar-refractivity contribution in [2.24, 2.45) is 10.8 Å². The van der Waals surface area contributed by atoms with Gasteiger partial charge in [-0.25, -0.2) is 0 Å². The molecule has 0 radical (unpaired) electrons. The van der Waals surface area contributed by atoms with E-state index in [1.165, 1.54) is 0 Å². The molecule has 2 atom stereocenters. The lowest BCUT2D eigenvalue weighted by atomic mass is 9.89. The first-order chi connectivity index (χ1) is 8.05. The van der Waals surface area contributed by atoms with Gasteiger partial charge in [-0.3, -0.25) is 0 Å². The van der Waals surface area contributed by atoms with Crippen LogP contribution >= 0.6 is 0 Å². The lowest BCUT2D eigenvalue weighted by Gasteiger charge is -2.27. The number of aliphatic hydroxyl groups excluding tert-OH is 2. The van der Waals surface area contributed by atoms with Gasteiger partial charge in [-0.2, -0.15) is 0 Å². The zero-order valence-corrected chi connectivity index (χ0v) is 12.9. The average molecular weight is 260 g/mol. The largest absolute Gasteiger partial charge is 0.391 e. The van der Waals surface area contributed by atoms with E-state index in [4.69, 9.17) is 0 Å². The Balaban J connectivity index is 3.53. The predicted molar refractivity (Wildman–Crippen MR) is 76.7 cm³/mol. The monoisotopic (exact) mass is 260 g/mol. The van der Waals surface area contributed by atoms with Gasteiger partial charge in [0.05, 0.1) is 12.2 Å². The van der Waals surface area contributed by atoms with Gasteiger partial charge in [-0.05, 0) is 10.8 Å². The SMILES string of the molecule is CC(C)(C)[C@H](O)CNCCNC[C@@H](O)C(C)(C)C. The number of hydrogen-bond donors (Lipinski definition) is 4. The Morgan fingerprint density at radius 3 is 1.22 bits per heavy atom. The molecular weight excluding hydrogens is 228 g/mol. The van der Waals surface area contributed by atoms with Crippen LogP contribution in [0.5, 0.6) is 0 Å². The van der Waals surface area contributed by atoms with Gasteiger partial charge in [-0.1, -0.05) is 41.5 Å². The summed E-state index contributed by atoms with van der Waals surface area (Å²) in [5.41, 5.74) is -0.161. The highest BCUT2D eigenvalue weighted by atomic mass is 16.3. The van der Waals surface area contributed by atoms with Crippen molar-refractivity contribution in [2.45, 2.75) is 53.8 Å². The molecule has 0 saturated heterocycles. The molecule has 0 aliphatic heterocycles. The van der Waals surface area contributed by atoms with E-state index < -0.39 is 0 Å². The Labute approximate surface area is 112 Å². The van der Waals surface area contributed by atoms with E-state index in [1.807, 2.05) is 41.5 Å². The Kier molecular flexibility index (Phi) is 7.37.